The standard InChI is InChI=1S/C23H24FN3O2/c24-17-8-9-18-21(15-17)29-26-23(18)19-6-1-2-12-27(19)13-4-14-28-20-7-3-5-16-10-11-25-22(16)20/h3,5,7-11,15,19,25H,1-2,4,6,12-14H2. The van der Waals surface area contributed by atoms with Gasteiger partial charge in [-0.2, -0.15) is 0 Å². The Balaban J connectivity index is 1.25. The van der Waals surface area contributed by atoms with E-state index in [2.05, 4.69) is 27.2 Å². The van der Waals surface area contributed by atoms with Gasteiger partial charge in [0, 0.05) is 29.6 Å². The highest BCUT2D eigenvalue weighted by Crippen LogP contribution is 2.34. The number of rotatable bonds is 6. The number of benzene rings is 2. The van der Waals surface area contributed by atoms with E-state index in [1.165, 1.54) is 25.0 Å². The molecule has 0 bridgehead atoms. The van der Waals surface area contributed by atoms with E-state index in [1.54, 1.807) is 6.07 Å². The Morgan fingerprint density at radius 3 is 3.14 bits per heavy atom. The molecule has 0 aliphatic carbocycles. The zero-order valence-corrected chi connectivity index (χ0v) is 16.2. The third kappa shape index (κ3) is 3.60. The summed E-state index contributed by atoms with van der Waals surface area (Å²) in [5, 5.41) is 6.37. The van der Waals surface area contributed by atoms with Crippen LogP contribution in [0.15, 0.2) is 53.2 Å². The molecule has 0 saturated carbocycles. The van der Waals surface area contributed by atoms with Gasteiger partial charge in [0.05, 0.1) is 18.2 Å². The molecule has 0 amide bonds. The average molecular weight is 393 g/mol. The molecular formula is C23H24FN3O2. The highest BCUT2D eigenvalue weighted by atomic mass is 19.1. The Morgan fingerprint density at radius 1 is 1.21 bits per heavy atom. The topological polar surface area (TPSA) is 54.3 Å². The minimum Gasteiger partial charge on any atom is -0.491 e. The average Bonchev–Trinajstić information content (AvgIpc) is 3.38. The first kappa shape index (κ1) is 18.2. The maximum Gasteiger partial charge on any atom is 0.170 e. The lowest BCUT2D eigenvalue weighted by Gasteiger charge is -2.34. The van der Waals surface area contributed by atoms with Gasteiger partial charge in [0.15, 0.2) is 5.58 Å². The van der Waals surface area contributed by atoms with E-state index in [1.807, 2.05) is 18.3 Å². The van der Waals surface area contributed by atoms with Crippen molar-refractivity contribution in [3.8, 4) is 5.75 Å². The highest BCUT2D eigenvalue weighted by molar-refractivity contribution is 5.85. The minimum absolute atomic E-state index is 0.210. The molecule has 1 atom stereocenters. The molecule has 1 fully saturated rings. The Bertz CT molecular complexity index is 1120. The summed E-state index contributed by atoms with van der Waals surface area (Å²) in [7, 11) is 0. The Labute approximate surface area is 168 Å². The molecule has 1 unspecified atom stereocenters. The quantitative estimate of drug-likeness (QED) is 0.443. The van der Waals surface area contributed by atoms with E-state index in [-0.39, 0.29) is 11.9 Å². The lowest BCUT2D eigenvalue weighted by Crippen LogP contribution is -2.35. The van der Waals surface area contributed by atoms with E-state index in [0.717, 1.165) is 53.7 Å². The molecule has 4 aromatic rings. The van der Waals surface area contributed by atoms with Crippen LogP contribution < -0.4 is 4.74 Å². The van der Waals surface area contributed by atoms with Crippen molar-refractivity contribution in [2.75, 3.05) is 19.7 Å². The lowest BCUT2D eigenvalue weighted by atomic mass is 9.97. The van der Waals surface area contributed by atoms with Crippen molar-refractivity contribution in [3.63, 3.8) is 0 Å². The molecule has 2 aromatic carbocycles. The van der Waals surface area contributed by atoms with Gasteiger partial charge in [-0.3, -0.25) is 4.90 Å². The zero-order valence-electron chi connectivity index (χ0n) is 16.2. The Hall–Kier alpha value is -2.86. The van der Waals surface area contributed by atoms with Crippen LogP contribution in [0.2, 0.25) is 0 Å². The number of para-hydroxylation sites is 1. The second kappa shape index (κ2) is 7.87. The fourth-order valence-electron chi connectivity index (χ4n) is 4.37. The fraction of sp³-hybridized carbons (Fsp3) is 0.348. The predicted molar refractivity (Wildman–Crippen MR) is 111 cm³/mol. The van der Waals surface area contributed by atoms with Gasteiger partial charge in [-0.15, -0.1) is 0 Å². The summed E-state index contributed by atoms with van der Waals surface area (Å²) in [4.78, 5) is 5.71. The van der Waals surface area contributed by atoms with Gasteiger partial charge in [0.2, 0.25) is 0 Å². The Kier molecular flexibility index (Phi) is 4.94. The summed E-state index contributed by atoms with van der Waals surface area (Å²) in [6.45, 7) is 2.62. The number of halogens is 1. The van der Waals surface area contributed by atoms with E-state index in [9.17, 15) is 4.39 Å². The first-order valence-corrected chi connectivity index (χ1v) is 10.3. The van der Waals surface area contributed by atoms with Crippen molar-refractivity contribution in [2.24, 2.45) is 0 Å². The van der Waals surface area contributed by atoms with Gasteiger partial charge in [-0.05, 0) is 50.1 Å². The molecule has 1 N–H and O–H groups in total. The smallest absolute Gasteiger partial charge is 0.170 e. The van der Waals surface area contributed by atoms with Gasteiger partial charge >= 0.3 is 0 Å². The van der Waals surface area contributed by atoms with E-state index >= 15 is 0 Å². The van der Waals surface area contributed by atoms with Gasteiger partial charge in [-0.1, -0.05) is 23.7 Å². The summed E-state index contributed by atoms with van der Waals surface area (Å²) in [6.07, 6.45) is 6.26. The van der Waals surface area contributed by atoms with E-state index in [0.29, 0.717) is 12.2 Å². The van der Waals surface area contributed by atoms with Crippen LogP contribution in [0, 0.1) is 5.82 Å². The molecular weight excluding hydrogens is 369 g/mol. The van der Waals surface area contributed by atoms with Crippen LogP contribution in [-0.4, -0.2) is 34.7 Å². The largest absolute Gasteiger partial charge is 0.491 e. The van der Waals surface area contributed by atoms with E-state index in [4.69, 9.17) is 9.26 Å². The summed E-state index contributed by atoms with van der Waals surface area (Å²) in [5.41, 5.74) is 2.49. The molecule has 1 saturated heterocycles. The van der Waals surface area contributed by atoms with Gasteiger partial charge in [-0.25, -0.2) is 4.39 Å². The second-order valence-electron chi connectivity index (χ2n) is 7.66. The minimum atomic E-state index is -0.296. The van der Waals surface area contributed by atoms with Crippen LogP contribution in [0.25, 0.3) is 21.9 Å². The normalized spacial score (nSPS) is 17.9. The number of hydrogen-bond donors (Lipinski definition) is 1. The second-order valence-corrected chi connectivity index (χ2v) is 7.66. The number of piperidine rings is 1. The van der Waals surface area contributed by atoms with Gasteiger partial charge in [0.25, 0.3) is 0 Å². The Morgan fingerprint density at radius 2 is 2.17 bits per heavy atom. The number of hydrogen-bond acceptors (Lipinski definition) is 4. The molecule has 150 valence electrons. The van der Waals surface area contributed by atoms with Crippen molar-refractivity contribution in [1.29, 1.82) is 0 Å². The number of nitrogens with one attached hydrogen (secondary N) is 1. The van der Waals surface area contributed by atoms with Crippen molar-refractivity contribution >= 4 is 21.9 Å². The number of fused-ring (bicyclic) bond motifs is 2. The molecule has 1 aliphatic heterocycles. The van der Waals surface area contributed by atoms with Crippen LogP contribution >= 0.6 is 0 Å². The molecule has 5 rings (SSSR count). The summed E-state index contributed by atoms with van der Waals surface area (Å²) >= 11 is 0. The van der Waals surface area contributed by atoms with Gasteiger partial charge in [0.1, 0.15) is 17.3 Å². The number of nitrogens with zero attached hydrogens (tertiary/aromatic N) is 2. The van der Waals surface area contributed by atoms with Crippen molar-refractivity contribution in [1.82, 2.24) is 15.0 Å². The monoisotopic (exact) mass is 393 g/mol. The molecule has 1 aliphatic rings. The maximum absolute atomic E-state index is 13.5. The third-order valence-electron chi connectivity index (χ3n) is 5.79. The zero-order chi connectivity index (χ0) is 19.6. The van der Waals surface area contributed by atoms with Crippen molar-refractivity contribution < 1.29 is 13.7 Å². The summed E-state index contributed by atoms with van der Waals surface area (Å²) in [6, 6.07) is 13.0. The summed E-state index contributed by atoms with van der Waals surface area (Å²) in [5.74, 6) is 0.599. The molecule has 2 aromatic heterocycles. The maximum atomic E-state index is 13.5. The van der Waals surface area contributed by atoms with Crippen LogP contribution in [0.4, 0.5) is 4.39 Å². The predicted octanol–water partition coefficient (Wildman–Crippen LogP) is 5.44. The fourth-order valence-corrected chi connectivity index (χ4v) is 4.37. The SMILES string of the molecule is Fc1ccc2c(C3CCCCN3CCCOc3cccc4cc[nH]c34)noc2c1. The van der Waals surface area contributed by atoms with Crippen molar-refractivity contribution in [2.45, 2.75) is 31.7 Å². The molecule has 6 heteroatoms. The molecule has 5 nitrogen and oxygen atoms in total. The van der Waals surface area contributed by atoms with Crippen LogP contribution in [0.1, 0.15) is 37.4 Å². The molecule has 0 spiro atoms. The number of aromatic amines is 1. The van der Waals surface area contributed by atoms with Gasteiger partial charge < -0.3 is 14.2 Å². The van der Waals surface area contributed by atoms with E-state index < -0.39 is 0 Å². The van der Waals surface area contributed by atoms with Crippen LogP contribution in [-0.2, 0) is 0 Å². The number of ether oxygens (including phenoxy) is 1. The van der Waals surface area contributed by atoms with Crippen LogP contribution in [0.5, 0.6) is 5.75 Å². The molecule has 3 heterocycles. The number of likely N-dealkylation sites (tertiary alicyclic amines) is 1. The first-order valence-electron chi connectivity index (χ1n) is 10.3. The van der Waals surface area contributed by atoms with Crippen molar-refractivity contribution in [3.05, 3.63) is 60.2 Å². The molecule has 0 radical (unpaired) electrons. The highest BCUT2D eigenvalue weighted by Gasteiger charge is 2.28. The number of aromatic nitrogens is 2. The lowest BCUT2D eigenvalue weighted by molar-refractivity contribution is 0.133. The molecule has 29 heavy (non-hydrogen) atoms. The van der Waals surface area contributed by atoms with Crippen LogP contribution in [0.3, 0.4) is 0 Å². The summed E-state index contributed by atoms with van der Waals surface area (Å²) < 4.78 is 24.9. The number of H-pyrrole nitrogens is 1. The first-order chi connectivity index (χ1) is 14.3. The third-order valence-corrected chi connectivity index (χ3v) is 5.79.